The molecule has 8 nitrogen and oxygen atoms in total. The van der Waals surface area contributed by atoms with Crippen LogP contribution in [0.1, 0.15) is 33.7 Å². The van der Waals surface area contributed by atoms with Crippen LogP contribution in [0.2, 0.25) is 0 Å². The summed E-state index contributed by atoms with van der Waals surface area (Å²) in [4.78, 5) is 26.8. The summed E-state index contributed by atoms with van der Waals surface area (Å²) in [6.07, 6.45) is 6.31. The van der Waals surface area contributed by atoms with Gasteiger partial charge in [-0.1, -0.05) is 17.3 Å². The van der Waals surface area contributed by atoms with Gasteiger partial charge in [0.05, 0.1) is 24.0 Å². The molecule has 9 heteroatoms. The van der Waals surface area contributed by atoms with Gasteiger partial charge in [-0.2, -0.15) is 4.98 Å². The molecule has 3 aromatic heterocycles. The molecule has 0 aliphatic carbocycles. The molecule has 0 spiro atoms. The van der Waals surface area contributed by atoms with E-state index >= 15 is 0 Å². The minimum Gasteiger partial charge on any atom is -0.337 e. The first-order chi connectivity index (χ1) is 14.2. The number of imidazole rings is 1. The highest BCUT2D eigenvalue weighted by molar-refractivity contribution is 7.12. The van der Waals surface area contributed by atoms with Gasteiger partial charge in [0.15, 0.2) is 0 Å². The number of thiophene rings is 1. The fourth-order valence-corrected chi connectivity index (χ4v) is 4.75. The maximum atomic E-state index is 12.9. The van der Waals surface area contributed by atoms with Crippen LogP contribution in [-0.2, 0) is 6.54 Å². The molecule has 29 heavy (non-hydrogen) atoms. The first kappa shape index (κ1) is 18.0. The van der Waals surface area contributed by atoms with E-state index in [0.29, 0.717) is 37.0 Å². The Labute approximate surface area is 171 Å². The van der Waals surface area contributed by atoms with Crippen molar-refractivity contribution in [2.24, 2.45) is 0 Å². The standard InChI is InChI=1S/C20H20N6O2S/c1-3-7-24(8-4-2)11-15-22-19(23-28-15)16-17-13-5-9-25(13)20(27)18-14(6-10-29-18)26(17)12-21-16/h3-4,6,10,12-13H,1-2,5,7-9,11H2/t13-/m0/s1. The Morgan fingerprint density at radius 2 is 2.17 bits per heavy atom. The van der Waals surface area contributed by atoms with Crippen molar-refractivity contribution >= 4 is 17.2 Å². The summed E-state index contributed by atoms with van der Waals surface area (Å²) in [5.41, 5.74) is 2.48. The van der Waals surface area contributed by atoms with Crippen molar-refractivity contribution < 1.29 is 9.32 Å². The van der Waals surface area contributed by atoms with Gasteiger partial charge in [-0.05, 0) is 17.9 Å². The van der Waals surface area contributed by atoms with Crippen LogP contribution in [0.25, 0.3) is 17.2 Å². The lowest BCUT2D eigenvalue weighted by molar-refractivity contribution is 0.0466. The Morgan fingerprint density at radius 3 is 2.90 bits per heavy atom. The molecule has 5 heterocycles. The second kappa shape index (κ2) is 7.09. The third-order valence-electron chi connectivity index (χ3n) is 5.31. The largest absolute Gasteiger partial charge is 0.337 e. The van der Waals surface area contributed by atoms with E-state index in [9.17, 15) is 4.79 Å². The van der Waals surface area contributed by atoms with Gasteiger partial charge < -0.3 is 9.42 Å². The molecule has 1 atom stereocenters. The van der Waals surface area contributed by atoms with Gasteiger partial charge in [0.2, 0.25) is 11.7 Å². The summed E-state index contributed by atoms with van der Waals surface area (Å²) >= 11 is 1.46. The summed E-state index contributed by atoms with van der Waals surface area (Å²) in [5, 5.41) is 6.11. The molecule has 0 bridgehead atoms. The van der Waals surface area contributed by atoms with Gasteiger partial charge in [0.25, 0.3) is 5.91 Å². The summed E-state index contributed by atoms with van der Waals surface area (Å²) in [7, 11) is 0. The normalized spacial score (nSPS) is 17.3. The van der Waals surface area contributed by atoms with Crippen LogP contribution in [0.5, 0.6) is 0 Å². The first-order valence-electron chi connectivity index (χ1n) is 9.44. The maximum Gasteiger partial charge on any atom is 0.266 e. The SMILES string of the molecule is C=CCN(CC=C)Cc1nc(-c2ncn3c2[C@@H]2CCN2C(=O)c2sccc2-3)no1. The lowest BCUT2D eigenvalue weighted by atomic mass is 9.98. The Hall–Kier alpha value is -3.04. The molecular weight excluding hydrogens is 388 g/mol. The number of aromatic nitrogens is 4. The average molecular weight is 408 g/mol. The zero-order valence-corrected chi connectivity index (χ0v) is 16.6. The molecule has 2 aliphatic heterocycles. The molecule has 1 amide bonds. The number of rotatable bonds is 7. The lowest BCUT2D eigenvalue weighted by Gasteiger charge is -2.39. The Morgan fingerprint density at radius 1 is 1.34 bits per heavy atom. The quantitative estimate of drug-likeness (QED) is 0.559. The fourth-order valence-electron chi connectivity index (χ4n) is 3.91. The summed E-state index contributed by atoms with van der Waals surface area (Å²) < 4.78 is 7.49. The minimum atomic E-state index is -0.0143. The molecule has 0 unspecified atom stereocenters. The van der Waals surface area contributed by atoms with Crippen molar-refractivity contribution in [1.29, 1.82) is 0 Å². The number of carbonyl (C=O) groups excluding carboxylic acids is 1. The van der Waals surface area contributed by atoms with E-state index in [1.54, 1.807) is 6.33 Å². The Balaban J connectivity index is 1.51. The molecule has 148 valence electrons. The smallest absolute Gasteiger partial charge is 0.266 e. The predicted molar refractivity (Wildman–Crippen MR) is 109 cm³/mol. The van der Waals surface area contributed by atoms with Crippen LogP contribution >= 0.6 is 11.3 Å². The van der Waals surface area contributed by atoms with E-state index in [1.807, 2.05) is 33.1 Å². The molecule has 0 N–H and O–H groups in total. The number of carbonyl (C=O) groups is 1. The van der Waals surface area contributed by atoms with Crippen LogP contribution in [0.4, 0.5) is 0 Å². The van der Waals surface area contributed by atoms with E-state index in [0.717, 1.165) is 29.2 Å². The van der Waals surface area contributed by atoms with Gasteiger partial charge in [0.1, 0.15) is 16.9 Å². The van der Waals surface area contributed by atoms with E-state index in [1.165, 1.54) is 11.3 Å². The molecule has 0 saturated carbocycles. The Bertz CT molecular complexity index is 1090. The van der Waals surface area contributed by atoms with E-state index in [4.69, 9.17) is 4.52 Å². The van der Waals surface area contributed by atoms with Crippen molar-refractivity contribution in [1.82, 2.24) is 29.5 Å². The highest BCUT2D eigenvalue weighted by Crippen LogP contribution is 2.44. The zero-order valence-electron chi connectivity index (χ0n) is 15.8. The van der Waals surface area contributed by atoms with Crippen LogP contribution in [0, 0.1) is 0 Å². The first-order valence-corrected chi connectivity index (χ1v) is 10.3. The molecule has 5 rings (SSSR count). The van der Waals surface area contributed by atoms with E-state index in [2.05, 4.69) is 33.2 Å². The van der Waals surface area contributed by atoms with Gasteiger partial charge in [-0.3, -0.25) is 14.3 Å². The number of hydrogen-bond donors (Lipinski definition) is 0. The van der Waals surface area contributed by atoms with Gasteiger partial charge in [-0.15, -0.1) is 24.5 Å². The maximum absolute atomic E-state index is 12.9. The molecule has 2 aliphatic rings. The average Bonchev–Trinajstić information content (AvgIpc) is 3.39. The molecule has 1 saturated heterocycles. The number of nitrogens with zero attached hydrogens (tertiary/aromatic N) is 6. The molecular formula is C20H20N6O2S. The second-order valence-corrected chi connectivity index (χ2v) is 7.99. The molecule has 1 fully saturated rings. The molecule has 0 aromatic carbocycles. The number of fused-ring (bicyclic) bond motifs is 5. The zero-order chi connectivity index (χ0) is 20.0. The predicted octanol–water partition coefficient (Wildman–Crippen LogP) is 3.06. The highest BCUT2D eigenvalue weighted by Gasteiger charge is 2.42. The third kappa shape index (κ3) is 2.85. The Kier molecular flexibility index (Phi) is 4.40. The monoisotopic (exact) mass is 408 g/mol. The van der Waals surface area contributed by atoms with E-state index in [-0.39, 0.29) is 11.9 Å². The summed E-state index contributed by atoms with van der Waals surface area (Å²) in [6, 6.07) is 1.95. The third-order valence-corrected chi connectivity index (χ3v) is 6.20. The van der Waals surface area contributed by atoms with Gasteiger partial charge in [0, 0.05) is 19.6 Å². The topological polar surface area (TPSA) is 80.3 Å². The van der Waals surface area contributed by atoms with E-state index < -0.39 is 0 Å². The summed E-state index contributed by atoms with van der Waals surface area (Å²) in [5.74, 6) is 1.04. The van der Waals surface area contributed by atoms with Gasteiger partial charge >= 0.3 is 0 Å². The fraction of sp³-hybridized carbons (Fsp3) is 0.300. The van der Waals surface area contributed by atoms with Crippen LogP contribution in [0.3, 0.4) is 0 Å². The summed E-state index contributed by atoms with van der Waals surface area (Å²) in [6.45, 7) is 10.2. The second-order valence-electron chi connectivity index (χ2n) is 7.07. The minimum absolute atomic E-state index is 0.0143. The van der Waals surface area contributed by atoms with Crippen molar-refractivity contribution in [3.8, 4) is 17.2 Å². The van der Waals surface area contributed by atoms with Crippen LogP contribution in [-0.4, -0.2) is 55.0 Å². The molecule has 3 aromatic rings. The van der Waals surface area contributed by atoms with Crippen LogP contribution in [0.15, 0.2) is 47.6 Å². The van der Waals surface area contributed by atoms with Crippen molar-refractivity contribution in [2.45, 2.75) is 19.0 Å². The van der Waals surface area contributed by atoms with Crippen molar-refractivity contribution in [3.63, 3.8) is 0 Å². The number of hydrogen-bond acceptors (Lipinski definition) is 7. The van der Waals surface area contributed by atoms with Crippen LogP contribution < -0.4 is 0 Å². The van der Waals surface area contributed by atoms with Gasteiger partial charge in [-0.25, -0.2) is 4.98 Å². The van der Waals surface area contributed by atoms with Crippen molar-refractivity contribution in [2.75, 3.05) is 19.6 Å². The molecule has 0 radical (unpaired) electrons. The highest BCUT2D eigenvalue weighted by atomic mass is 32.1. The lowest BCUT2D eigenvalue weighted by Crippen LogP contribution is -2.44. The van der Waals surface area contributed by atoms with Crippen molar-refractivity contribution in [3.05, 3.63) is 59.5 Å². The number of amides is 1.